The monoisotopic (exact) mass is 250 g/mol. The van der Waals surface area contributed by atoms with Gasteiger partial charge in [-0.15, -0.1) is 0 Å². The number of halogens is 1. The van der Waals surface area contributed by atoms with Crippen molar-refractivity contribution in [2.24, 2.45) is 0 Å². The Morgan fingerprint density at radius 3 is 2.28 bits per heavy atom. The molecule has 1 aromatic carbocycles. The molecule has 1 fully saturated rings. The van der Waals surface area contributed by atoms with Crippen molar-refractivity contribution < 1.29 is 4.39 Å². The molecule has 1 atom stereocenters. The van der Waals surface area contributed by atoms with Gasteiger partial charge in [-0.2, -0.15) is 0 Å². The highest BCUT2D eigenvalue weighted by atomic mass is 19.1. The second-order valence-electron chi connectivity index (χ2n) is 5.23. The Balaban J connectivity index is 1.94. The summed E-state index contributed by atoms with van der Waals surface area (Å²) in [6, 6.07) is 7.53. The van der Waals surface area contributed by atoms with E-state index in [0.29, 0.717) is 6.04 Å². The van der Waals surface area contributed by atoms with Gasteiger partial charge in [0.05, 0.1) is 0 Å². The zero-order valence-corrected chi connectivity index (χ0v) is 11.4. The molecular formula is C15H23FN2. The zero-order chi connectivity index (χ0) is 13.0. The van der Waals surface area contributed by atoms with Crippen LogP contribution in [0.3, 0.4) is 0 Å². The third kappa shape index (κ3) is 3.53. The molecule has 2 rings (SSSR count). The van der Waals surface area contributed by atoms with Crippen molar-refractivity contribution in [3.63, 3.8) is 0 Å². The number of rotatable bonds is 4. The van der Waals surface area contributed by atoms with E-state index in [1.165, 1.54) is 5.56 Å². The molecular weight excluding hydrogens is 227 g/mol. The lowest BCUT2D eigenvalue weighted by Crippen LogP contribution is -2.49. The van der Waals surface area contributed by atoms with Gasteiger partial charge < -0.3 is 4.90 Å². The number of likely N-dealkylation sites (N-methyl/N-ethyl adjacent to an activating group) is 1. The van der Waals surface area contributed by atoms with Crippen LogP contribution in [0.25, 0.3) is 0 Å². The number of benzene rings is 1. The summed E-state index contributed by atoms with van der Waals surface area (Å²) in [4.78, 5) is 4.95. The summed E-state index contributed by atoms with van der Waals surface area (Å²) in [5.74, 6) is -0.147. The van der Waals surface area contributed by atoms with E-state index >= 15 is 0 Å². The van der Waals surface area contributed by atoms with Gasteiger partial charge in [0.25, 0.3) is 0 Å². The predicted octanol–water partition coefficient (Wildman–Crippen LogP) is 2.39. The molecule has 0 amide bonds. The molecule has 0 radical (unpaired) electrons. The highest BCUT2D eigenvalue weighted by Gasteiger charge is 2.21. The van der Waals surface area contributed by atoms with Gasteiger partial charge in [0.1, 0.15) is 5.82 Å². The minimum atomic E-state index is -0.147. The maximum absolute atomic E-state index is 12.9. The van der Waals surface area contributed by atoms with E-state index in [1.54, 1.807) is 12.1 Å². The quantitative estimate of drug-likeness (QED) is 0.809. The summed E-state index contributed by atoms with van der Waals surface area (Å²) in [6.07, 6.45) is 2.18. The van der Waals surface area contributed by atoms with E-state index in [2.05, 4.69) is 23.8 Å². The summed E-state index contributed by atoms with van der Waals surface area (Å²) in [5, 5.41) is 0. The highest BCUT2D eigenvalue weighted by molar-refractivity contribution is 5.17. The molecule has 100 valence electrons. The van der Waals surface area contributed by atoms with Crippen molar-refractivity contribution >= 4 is 0 Å². The fourth-order valence-corrected chi connectivity index (χ4v) is 2.61. The van der Waals surface area contributed by atoms with E-state index < -0.39 is 0 Å². The molecule has 18 heavy (non-hydrogen) atoms. The van der Waals surface area contributed by atoms with Gasteiger partial charge in [0.15, 0.2) is 0 Å². The second kappa shape index (κ2) is 6.30. The average Bonchev–Trinajstić information content (AvgIpc) is 2.39. The van der Waals surface area contributed by atoms with Crippen molar-refractivity contribution in [1.82, 2.24) is 9.80 Å². The average molecular weight is 250 g/mol. The van der Waals surface area contributed by atoms with E-state index in [4.69, 9.17) is 0 Å². The van der Waals surface area contributed by atoms with Crippen LogP contribution < -0.4 is 0 Å². The third-order valence-corrected chi connectivity index (χ3v) is 3.91. The Kier molecular flexibility index (Phi) is 4.72. The first-order valence-corrected chi connectivity index (χ1v) is 6.86. The van der Waals surface area contributed by atoms with Crippen LogP contribution in [0.15, 0.2) is 24.3 Å². The van der Waals surface area contributed by atoms with Gasteiger partial charge in [-0.1, -0.05) is 19.1 Å². The topological polar surface area (TPSA) is 6.48 Å². The van der Waals surface area contributed by atoms with Crippen LogP contribution in [-0.2, 0) is 6.42 Å². The largest absolute Gasteiger partial charge is 0.304 e. The van der Waals surface area contributed by atoms with Crippen LogP contribution in [0.2, 0.25) is 0 Å². The van der Waals surface area contributed by atoms with Crippen molar-refractivity contribution in [3.8, 4) is 0 Å². The van der Waals surface area contributed by atoms with Crippen LogP contribution in [0.5, 0.6) is 0 Å². The van der Waals surface area contributed by atoms with E-state index in [0.717, 1.165) is 39.0 Å². The molecule has 2 nitrogen and oxygen atoms in total. The molecule has 1 saturated heterocycles. The molecule has 1 unspecified atom stereocenters. The summed E-state index contributed by atoms with van der Waals surface area (Å²) in [5.41, 5.74) is 1.24. The Labute approximate surface area is 109 Å². The van der Waals surface area contributed by atoms with Crippen LogP contribution in [0, 0.1) is 5.82 Å². The minimum absolute atomic E-state index is 0.147. The van der Waals surface area contributed by atoms with Crippen molar-refractivity contribution in [2.75, 3.05) is 33.2 Å². The number of hydrogen-bond acceptors (Lipinski definition) is 2. The van der Waals surface area contributed by atoms with E-state index in [9.17, 15) is 4.39 Å². The summed E-state index contributed by atoms with van der Waals surface area (Å²) in [7, 11) is 2.18. The smallest absolute Gasteiger partial charge is 0.123 e. The molecule has 0 saturated carbocycles. The molecule has 0 aromatic heterocycles. The Morgan fingerprint density at radius 1 is 1.11 bits per heavy atom. The van der Waals surface area contributed by atoms with Gasteiger partial charge in [0.2, 0.25) is 0 Å². The first kappa shape index (κ1) is 13.5. The summed E-state index contributed by atoms with van der Waals surface area (Å²) in [6.45, 7) is 6.85. The maximum atomic E-state index is 12.9. The molecule has 1 heterocycles. The lowest BCUT2D eigenvalue weighted by molar-refractivity contribution is 0.109. The van der Waals surface area contributed by atoms with E-state index in [-0.39, 0.29) is 5.82 Å². The fourth-order valence-electron chi connectivity index (χ4n) is 2.61. The molecule has 0 spiro atoms. The van der Waals surface area contributed by atoms with Crippen molar-refractivity contribution in [1.29, 1.82) is 0 Å². The molecule has 0 bridgehead atoms. The number of nitrogens with zero attached hydrogens (tertiary/aromatic N) is 2. The standard InChI is InChI=1S/C15H23FN2/c1-3-15(18-10-8-17(2)9-11-18)12-13-4-6-14(16)7-5-13/h4-7,15H,3,8-12H2,1-2H3. The Hall–Kier alpha value is -0.930. The zero-order valence-electron chi connectivity index (χ0n) is 11.4. The number of piperazine rings is 1. The van der Waals surface area contributed by atoms with Gasteiger partial charge in [0, 0.05) is 32.2 Å². The predicted molar refractivity (Wildman–Crippen MR) is 73.3 cm³/mol. The van der Waals surface area contributed by atoms with Crippen LogP contribution >= 0.6 is 0 Å². The summed E-state index contributed by atoms with van der Waals surface area (Å²) < 4.78 is 12.9. The first-order valence-electron chi connectivity index (χ1n) is 6.86. The normalized spacial score (nSPS) is 19.9. The van der Waals surface area contributed by atoms with Crippen molar-refractivity contribution in [3.05, 3.63) is 35.6 Å². The van der Waals surface area contributed by atoms with Gasteiger partial charge in [-0.3, -0.25) is 4.90 Å². The van der Waals surface area contributed by atoms with Crippen LogP contribution in [0.4, 0.5) is 4.39 Å². The fraction of sp³-hybridized carbons (Fsp3) is 0.600. The Morgan fingerprint density at radius 2 is 1.72 bits per heavy atom. The van der Waals surface area contributed by atoms with Crippen molar-refractivity contribution in [2.45, 2.75) is 25.8 Å². The van der Waals surface area contributed by atoms with E-state index in [1.807, 2.05) is 12.1 Å². The first-order chi connectivity index (χ1) is 8.69. The molecule has 1 aliphatic rings. The SMILES string of the molecule is CCC(Cc1ccc(F)cc1)N1CCN(C)CC1. The van der Waals surface area contributed by atoms with Gasteiger partial charge >= 0.3 is 0 Å². The van der Waals surface area contributed by atoms with Gasteiger partial charge in [-0.05, 0) is 37.6 Å². The molecule has 0 N–H and O–H groups in total. The molecule has 3 heteroatoms. The lowest BCUT2D eigenvalue weighted by Gasteiger charge is -2.37. The molecule has 1 aliphatic heterocycles. The number of hydrogen-bond donors (Lipinski definition) is 0. The Bertz CT molecular complexity index is 355. The molecule has 0 aliphatic carbocycles. The highest BCUT2D eigenvalue weighted by Crippen LogP contribution is 2.14. The maximum Gasteiger partial charge on any atom is 0.123 e. The molecule has 1 aromatic rings. The van der Waals surface area contributed by atoms with Crippen LogP contribution in [0.1, 0.15) is 18.9 Å². The minimum Gasteiger partial charge on any atom is -0.304 e. The van der Waals surface area contributed by atoms with Gasteiger partial charge in [-0.25, -0.2) is 4.39 Å². The van der Waals surface area contributed by atoms with Crippen LogP contribution in [-0.4, -0.2) is 49.1 Å². The summed E-state index contributed by atoms with van der Waals surface area (Å²) >= 11 is 0. The lowest BCUT2D eigenvalue weighted by atomic mass is 10.0. The second-order valence-corrected chi connectivity index (χ2v) is 5.23. The third-order valence-electron chi connectivity index (χ3n) is 3.91.